The number of benzene rings is 2. The summed E-state index contributed by atoms with van der Waals surface area (Å²) in [6, 6.07) is 6.75. The molecule has 2 aromatic rings. The summed E-state index contributed by atoms with van der Waals surface area (Å²) >= 11 is 6.46. The van der Waals surface area contributed by atoms with Crippen molar-refractivity contribution in [2.45, 2.75) is 0 Å². The quantitative estimate of drug-likeness (QED) is 0.687. The van der Waals surface area contributed by atoms with Gasteiger partial charge in [0, 0.05) is 10.0 Å². The molecule has 1 N–H and O–H groups in total. The minimum Gasteiger partial charge on any atom is -0.545 e. The predicted molar refractivity (Wildman–Crippen MR) is 65.3 cm³/mol. The molecule has 0 fully saturated rings. The first-order valence-electron chi connectivity index (χ1n) is 4.33. The van der Waals surface area contributed by atoms with Gasteiger partial charge in [-0.05, 0) is 44.9 Å². The van der Waals surface area contributed by atoms with Crippen LogP contribution < -0.4 is 34.7 Å². The zero-order valence-electron chi connectivity index (χ0n) is 8.83. The van der Waals surface area contributed by atoms with Gasteiger partial charge >= 0.3 is 29.6 Å². The number of hydrogen-bond donors (Lipinski definition) is 1. The second-order valence-corrected chi connectivity index (χ2v) is 4.95. The number of aromatic carboxylic acids is 1. The Balaban J connectivity index is 0.00000144. The normalized spacial score (nSPS) is 10.0. The van der Waals surface area contributed by atoms with Gasteiger partial charge in [0.1, 0.15) is 5.75 Å². The SMILES string of the molecule is O=C([O-])c1cc2cc(Br)ccc2c(Br)c1O.[Na+]. The van der Waals surface area contributed by atoms with Gasteiger partial charge in [0.2, 0.25) is 0 Å². The topological polar surface area (TPSA) is 60.4 Å². The van der Waals surface area contributed by atoms with Gasteiger partial charge in [-0.25, -0.2) is 0 Å². The molecule has 0 saturated heterocycles. The molecule has 0 atom stereocenters. The number of carboxylic acid groups (broad SMARTS) is 1. The first kappa shape index (κ1) is 15.0. The molecule has 0 aliphatic carbocycles. The van der Waals surface area contributed by atoms with Crippen molar-refractivity contribution < 1.29 is 44.6 Å². The van der Waals surface area contributed by atoms with Gasteiger partial charge in [-0.2, -0.15) is 0 Å². The number of carbonyl (C=O) groups is 1. The molecule has 2 rings (SSSR count). The summed E-state index contributed by atoms with van der Waals surface area (Å²) in [5.74, 6) is -1.71. The smallest absolute Gasteiger partial charge is 0.545 e. The van der Waals surface area contributed by atoms with Crippen molar-refractivity contribution in [2.24, 2.45) is 0 Å². The van der Waals surface area contributed by atoms with Crippen LogP contribution in [0.1, 0.15) is 10.4 Å². The van der Waals surface area contributed by atoms with E-state index in [4.69, 9.17) is 0 Å². The van der Waals surface area contributed by atoms with Gasteiger partial charge < -0.3 is 15.0 Å². The van der Waals surface area contributed by atoms with Crippen molar-refractivity contribution in [2.75, 3.05) is 0 Å². The van der Waals surface area contributed by atoms with Crippen molar-refractivity contribution >= 4 is 48.6 Å². The molecular formula is C11H5Br2NaO3. The first-order valence-corrected chi connectivity index (χ1v) is 5.91. The minimum atomic E-state index is -1.40. The van der Waals surface area contributed by atoms with Gasteiger partial charge in [0.15, 0.2) is 0 Å². The van der Waals surface area contributed by atoms with Crippen LogP contribution >= 0.6 is 31.9 Å². The van der Waals surface area contributed by atoms with Crippen molar-refractivity contribution in [3.8, 4) is 5.75 Å². The van der Waals surface area contributed by atoms with Gasteiger partial charge in [0.05, 0.1) is 10.4 Å². The van der Waals surface area contributed by atoms with E-state index in [2.05, 4.69) is 31.9 Å². The Kier molecular flexibility index (Phi) is 5.04. The molecule has 0 heterocycles. The van der Waals surface area contributed by atoms with Crippen molar-refractivity contribution in [1.29, 1.82) is 0 Å². The minimum absolute atomic E-state index is 0. The largest absolute Gasteiger partial charge is 1.00 e. The predicted octanol–water partition coefficient (Wildman–Crippen LogP) is -0.562. The molecule has 0 aliphatic rings. The Hall–Kier alpha value is -0.0700. The molecule has 3 nitrogen and oxygen atoms in total. The van der Waals surface area contributed by atoms with Crippen LogP contribution in [0.5, 0.6) is 5.75 Å². The fourth-order valence-electron chi connectivity index (χ4n) is 1.48. The van der Waals surface area contributed by atoms with Crippen LogP contribution in [0, 0.1) is 0 Å². The number of carboxylic acids is 1. The molecule has 0 unspecified atom stereocenters. The first-order chi connectivity index (χ1) is 7.50. The molecule has 0 aliphatic heterocycles. The number of carbonyl (C=O) groups excluding carboxylic acids is 1. The summed E-state index contributed by atoms with van der Waals surface area (Å²) in [5, 5.41) is 21.9. The Morgan fingerprint density at radius 1 is 1.24 bits per heavy atom. The van der Waals surface area contributed by atoms with Crippen LogP contribution in [0.25, 0.3) is 10.8 Å². The molecule has 0 radical (unpaired) electrons. The standard InChI is InChI=1S/C11H6Br2O3.Na/c12-6-1-2-7-5(3-6)4-8(11(15)16)10(14)9(7)13;/h1-4,14H,(H,15,16);/q;+1/p-1. The number of fused-ring (bicyclic) bond motifs is 1. The van der Waals surface area contributed by atoms with Gasteiger partial charge in [-0.15, -0.1) is 0 Å². The molecule has 6 heteroatoms. The van der Waals surface area contributed by atoms with E-state index in [1.54, 1.807) is 12.1 Å². The molecule has 0 amide bonds. The van der Waals surface area contributed by atoms with E-state index in [0.717, 1.165) is 9.86 Å². The number of halogens is 2. The summed E-state index contributed by atoms with van der Waals surface area (Å²) in [4.78, 5) is 10.8. The molecule has 0 spiro atoms. The fourth-order valence-corrected chi connectivity index (χ4v) is 2.43. The average Bonchev–Trinajstić information content (AvgIpc) is 2.22. The monoisotopic (exact) mass is 366 g/mol. The second kappa shape index (κ2) is 5.71. The Labute approximate surface area is 136 Å². The van der Waals surface area contributed by atoms with Crippen LogP contribution in [0.4, 0.5) is 0 Å². The van der Waals surface area contributed by atoms with E-state index in [1.807, 2.05) is 6.07 Å². The number of rotatable bonds is 1. The van der Waals surface area contributed by atoms with Gasteiger partial charge in [-0.1, -0.05) is 22.0 Å². The molecule has 0 bridgehead atoms. The summed E-state index contributed by atoms with van der Waals surface area (Å²) in [5.41, 5.74) is -0.225. The Morgan fingerprint density at radius 2 is 1.88 bits per heavy atom. The third-order valence-corrected chi connectivity index (χ3v) is 3.53. The van der Waals surface area contributed by atoms with Crippen LogP contribution in [0.15, 0.2) is 33.2 Å². The zero-order chi connectivity index (χ0) is 11.9. The number of phenols is 1. The van der Waals surface area contributed by atoms with Crippen molar-refractivity contribution in [3.05, 3.63) is 38.8 Å². The maximum Gasteiger partial charge on any atom is 1.00 e. The third-order valence-electron chi connectivity index (χ3n) is 2.23. The van der Waals surface area contributed by atoms with Crippen molar-refractivity contribution in [1.82, 2.24) is 0 Å². The number of hydrogen-bond acceptors (Lipinski definition) is 3. The van der Waals surface area contributed by atoms with Crippen molar-refractivity contribution in [3.63, 3.8) is 0 Å². The Bertz CT molecular complexity index is 599. The molecule has 0 saturated carbocycles. The molecule has 17 heavy (non-hydrogen) atoms. The van der Waals surface area contributed by atoms with Gasteiger partial charge in [0.25, 0.3) is 0 Å². The number of aromatic hydroxyl groups is 1. The third kappa shape index (κ3) is 2.85. The van der Waals surface area contributed by atoms with E-state index < -0.39 is 5.97 Å². The maximum atomic E-state index is 10.8. The Morgan fingerprint density at radius 3 is 2.47 bits per heavy atom. The molecule has 0 aromatic heterocycles. The van der Waals surface area contributed by atoms with E-state index in [9.17, 15) is 15.0 Å². The molecule has 82 valence electrons. The summed E-state index contributed by atoms with van der Waals surface area (Å²) in [6.45, 7) is 0. The van der Waals surface area contributed by atoms with E-state index in [0.29, 0.717) is 9.86 Å². The van der Waals surface area contributed by atoms with E-state index in [-0.39, 0.29) is 40.9 Å². The van der Waals surface area contributed by atoms with E-state index >= 15 is 0 Å². The molecule has 2 aromatic carbocycles. The van der Waals surface area contributed by atoms with Crippen LogP contribution in [-0.4, -0.2) is 11.1 Å². The van der Waals surface area contributed by atoms with Gasteiger partial charge in [-0.3, -0.25) is 0 Å². The maximum absolute atomic E-state index is 10.8. The fraction of sp³-hybridized carbons (Fsp3) is 0. The van der Waals surface area contributed by atoms with Crippen LogP contribution in [-0.2, 0) is 0 Å². The summed E-state index contributed by atoms with van der Waals surface area (Å²) in [7, 11) is 0. The zero-order valence-corrected chi connectivity index (χ0v) is 14.0. The van der Waals surface area contributed by atoms with E-state index in [1.165, 1.54) is 6.07 Å². The average molecular weight is 368 g/mol. The van der Waals surface area contributed by atoms with Crippen LogP contribution in [0.2, 0.25) is 0 Å². The second-order valence-electron chi connectivity index (χ2n) is 3.24. The van der Waals surface area contributed by atoms with Crippen LogP contribution in [0.3, 0.4) is 0 Å². The molecular weight excluding hydrogens is 363 g/mol. The summed E-state index contributed by atoms with van der Waals surface area (Å²) in [6.07, 6.45) is 0. The summed E-state index contributed by atoms with van der Waals surface area (Å²) < 4.78 is 1.19.